The molecule has 94 valence electrons. The van der Waals surface area contributed by atoms with Gasteiger partial charge < -0.3 is 4.43 Å². The summed E-state index contributed by atoms with van der Waals surface area (Å²) in [5.74, 6) is 0. The SMILES string of the molecule is CCCC[C@H]1CC(c2ccccc2)[Si](C)(C)O1. The summed E-state index contributed by atoms with van der Waals surface area (Å²) in [5.41, 5.74) is 2.17. The second-order valence-electron chi connectivity index (χ2n) is 5.68. The van der Waals surface area contributed by atoms with Gasteiger partial charge in [0.15, 0.2) is 8.32 Å². The summed E-state index contributed by atoms with van der Waals surface area (Å²) >= 11 is 0. The summed E-state index contributed by atoms with van der Waals surface area (Å²) in [6, 6.07) is 10.9. The van der Waals surface area contributed by atoms with Gasteiger partial charge in [0.2, 0.25) is 0 Å². The average molecular weight is 248 g/mol. The minimum atomic E-state index is -1.52. The number of rotatable bonds is 4. The molecule has 1 aromatic carbocycles. The molecule has 0 bridgehead atoms. The molecule has 2 rings (SSSR count). The Labute approximate surface area is 106 Å². The number of hydrogen-bond acceptors (Lipinski definition) is 1. The van der Waals surface area contributed by atoms with E-state index in [2.05, 4.69) is 50.3 Å². The van der Waals surface area contributed by atoms with Crippen LogP contribution in [0.25, 0.3) is 0 Å². The van der Waals surface area contributed by atoms with E-state index in [4.69, 9.17) is 4.43 Å². The van der Waals surface area contributed by atoms with Crippen LogP contribution in [0.15, 0.2) is 30.3 Å². The molecule has 1 nitrogen and oxygen atoms in total. The normalized spacial score (nSPS) is 27.2. The van der Waals surface area contributed by atoms with Crippen LogP contribution in [0.1, 0.15) is 43.7 Å². The van der Waals surface area contributed by atoms with Gasteiger partial charge in [0.25, 0.3) is 0 Å². The topological polar surface area (TPSA) is 9.23 Å². The van der Waals surface area contributed by atoms with Gasteiger partial charge >= 0.3 is 0 Å². The van der Waals surface area contributed by atoms with E-state index in [0.717, 1.165) is 0 Å². The lowest BCUT2D eigenvalue weighted by Crippen LogP contribution is -2.32. The van der Waals surface area contributed by atoms with Gasteiger partial charge in [-0.3, -0.25) is 0 Å². The highest BCUT2D eigenvalue weighted by atomic mass is 28.4. The van der Waals surface area contributed by atoms with E-state index < -0.39 is 8.32 Å². The largest absolute Gasteiger partial charge is 0.414 e. The summed E-state index contributed by atoms with van der Waals surface area (Å²) in [5, 5.41) is 0. The van der Waals surface area contributed by atoms with Crippen molar-refractivity contribution in [1.82, 2.24) is 0 Å². The van der Waals surface area contributed by atoms with Crippen LogP contribution in [-0.2, 0) is 4.43 Å². The molecule has 0 amide bonds. The Morgan fingerprint density at radius 2 is 1.94 bits per heavy atom. The van der Waals surface area contributed by atoms with Crippen LogP contribution in [0.2, 0.25) is 13.1 Å². The molecule has 0 aromatic heterocycles. The maximum absolute atomic E-state index is 6.36. The molecular formula is C15H24OSi. The van der Waals surface area contributed by atoms with Gasteiger partial charge in [-0.05, 0) is 31.5 Å². The number of unbranched alkanes of at least 4 members (excludes halogenated alkanes) is 1. The molecule has 0 aliphatic carbocycles. The summed E-state index contributed by atoms with van der Waals surface area (Å²) in [6.45, 7) is 7.00. The van der Waals surface area contributed by atoms with E-state index in [1.807, 2.05) is 0 Å². The Bertz CT molecular complexity index is 347. The minimum Gasteiger partial charge on any atom is -0.414 e. The van der Waals surface area contributed by atoms with Crippen LogP contribution in [0.4, 0.5) is 0 Å². The first kappa shape index (κ1) is 12.8. The smallest absolute Gasteiger partial charge is 0.194 e. The van der Waals surface area contributed by atoms with Crippen molar-refractivity contribution in [2.45, 2.75) is 57.3 Å². The molecule has 0 N–H and O–H groups in total. The highest BCUT2D eigenvalue weighted by Gasteiger charge is 2.44. The second kappa shape index (κ2) is 5.36. The molecule has 0 spiro atoms. The van der Waals surface area contributed by atoms with E-state index in [-0.39, 0.29) is 0 Å². The van der Waals surface area contributed by atoms with E-state index in [0.29, 0.717) is 11.6 Å². The molecule has 1 aliphatic rings. The van der Waals surface area contributed by atoms with Gasteiger partial charge in [0.1, 0.15) is 0 Å². The van der Waals surface area contributed by atoms with E-state index in [1.54, 1.807) is 0 Å². The first-order valence-corrected chi connectivity index (χ1v) is 9.85. The zero-order valence-corrected chi connectivity index (χ0v) is 12.3. The molecule has 0 saturated carbocycles. The Balaban J connectivity index is 2.08. The van der Waals surface area contributed by atoms with Gasteiger partial charge in [-0.15, -0.1) is 0 Å². The lowest BCUT2D eigenvalue weighted by Gasteiger charge is -2.23. The van der Waals surface area contributed by atoms with Crippen LogP contribution < -0.4 is 0 Å². The van der Waals surface area contributed by atoms with E-state index in [1.165, 1.54) is 31.2 Å². The third-order valence-electron chi connectivity index (χ3n) is 3.89. The number of benzene rings is 1. The van der Waals surface area contributed by atoms with Gasteiger partial charge in [-0.25, -0.2) is 0 Å². The summed E-state index contributed by atoms with van der Waals surface area (Å²) in [7, 11) is -1.52. The van der Waals surface area contributed by atoms with Crippen LogP contribution in [0.5, 0.6) is 0 Å². The fraction of sp³-hybridized carbons (Fsp3) is 0.600. The van der Waals surface area contributed by atoms with E-state index in [9.17, 15) is 0 Å². The van der Waals surface area contributed by atoms with Crippen LogP contribution in [0, 0.1) is 0 Å². The van der Waals surface area contributed by atoms with Crippen molar-refractivity contribution in [3.63, 3.8) is 0 Å². The molecule has 2 heteroatoms. The first-order chi connectivity index (χ1) is 8.13. The fourth-order valence-corrected chi connectivity index (χ4v) is 6.00. The standard InChI is InChI=1S/C15H24OSi/c1-4-5-11-14-12-15(17(2,3)16-14)13-9-7-6-8-10-13/h6-10,14-15H,4-5,11-12H2,1-3H3/t14-,15?/m0/s1. The van der Waals surface area contributed by atoms with Crippen molar-refractivity contribution in [3.8, 4) is 0 Å². The average Bonchev–Trinajstić information content (AvgIpc) is 2.63. The third kappa shape index (κ3) is 2.99. The minimum absolute atomic E-state index is 0.516. The van der Waals surface area contributed by atoms with Crippen molar-refractivity contribution in [2.75, 3.05) is 0 Å². The molecule has 1 heterocycles. The zero-order chi connectivity index (χ0) is 12.3. The third-order valence-corrected chi connectivity index (χ3v) is 7.08. The molecule has 1 unspecified atom stereocenters. The highest BCUT2D eigenvalue weighted by molar-refractivity contribution is 6.73. The molecule has 17 heavy (non-hydrogen) atoms. The Hall–Kier alpha value is -0.603. The monoisotopic (exact) mass is 248 g/mol. The lowest BCUT2D eigenvalue weighted by molar-refractivity contribution is 0.208. The number of hydrogen-bond donors (Lipinski definition) is 0. The maximum atomic E-state index is 6.36. The van der Waals surface area contributed by atoms with E-state index >= 15 is 0 Å². The zero-order valence-electron chi connectivity index (χ0n) is 11.3. The van der Waals surface area contributed by atoms with Crippen molar-refractivity contribution in [1.29, 1.82) is 0 Å². The van der Waals surface area contributed by atoms with Crippen molar-refractivity contribution >= 4 is 8.32 Å². The lowest BCUT2D eigenvalue weighted by atomic mass is 10.0. The Morgan fingerprint density at radius 3 is 2.59 bits per heavy atom. The molecule has 2 atom stereocenters. The van der Waals surface area contributed by atoms with Gasteiger partial charge in [-0.1, -0.05) is 50.1 Å². The Kier molecular flexibility index (Phi) is 4.05. The highest BCUT2D eigenvalue weighted by Crippen LogP contribution is 2.41. The van der Waals surface area contributed by atoms with Gasteiger partial charge in [0, 0.05) is 11.6 Å². The second-order valence-corrected chi connectivity index (χ2v) is 9.82. The molecule has 0 radical (unpaired) electrons. The maximum Gasteiger partial charge on any atom is 0.194 e. The van der Waals surface area contributed by atoms with Gasteiger partial charge in [0.05, 0.1) is 0 Å². The van der Waals surface area contributed by atoms with Gasteiger partial charge in [-0.2, -0.15) is 0 Å². The summed E-state index contributed by atoms with van der Waals surface area (Å²) in [6.07, 6.45) is 5.58. The quantitative estimate of drug-likeness (QED) is 0.713. The Morgan fingerprint density at radius 1 is 1.24 bits per heavy atom. The first-order valence-electron chi connectivity index (χ1n) is 6.86. The predicted octanol–water partition coefficient (Wildman–Crippen LogP) is 4.49. The summed E-state index contributed by atoms with van der Waals surface area (Å²) in [4.78, 5) is 0. The molecule has 1 aliphatic heterocycles. The molecule has 1 fully saturated rings. The molecule has 1 saturated heterocycles. The predicted molar refractivity (Wildman–Crippen MR) is 75.7 cm³/mol. The fourth-order valence-electron chi connectivity index (χ4n) is 2.94. The van der Waals surface area contributed by atoms with Crippen molar-refractivity contribution < 1.29 is 4.43 Å². The summed E-state index contributed by atoms with van der Waals surface area (Å²) < 4.78 is 6.36. The molecular weight excluding hydrogens is 224 g/mol. The van der Waals surface area contributed by atoms with Crippen LogP contribution in [0.3, 0.4) is 0 Å². The van der Waals surface area contributed by atoms with Crippen LogP contribution in [-0.4, -0.2) is 14.4 Å². The van der Waals surface area contributed by atoms with Crippen LogP contribution >= 0.6 is 0 Å². The molecule has 1 aromatic rings. The van der Waals surface area contributed by atoms with Crippen molar-refractivity contribution in [3.05, 3.63) is 35.9 Å². The van der Waals surface area contributed by atoms with Crippen molar-refractivity contribution in [2.24, 2.45) is 0 Å².